The summed E-state index contributed by atoms with van der Waals surface area (Å²) in [6.45, 7) is 0. The minimum Gasteiger partial charge on any atom is -0.292 e. The lowest BCUT2D eigenvalue weighted by Crippen LogP contribution is -2.23. The van der Waals surface area contributed by atoms with Crippen molar-refractivity contribution in [1.82, 2.24) is 14.5 Å². The topological polar surface area (TPSA) is 64.8 Å². The number of fused-ring (bicyclic) bond motifs is 3. The number of nitrogens with zero attached hydrogens (tertiary/aromatic N) is 3. The van der Waals surface area contributed by atoms with Crippen LogP contribution in [0.2, 0.25) is 0 Å². The number of thiophene rings is 2. The number of Topliss-reactive ketones (excluding diaryl/α,β-unsaturated/α-hetero) is 1. The Morgan fingerprint density at radius 1 is 1.17 bits per heavy atom. The lowest BCUT2D eigenvalue weighted by molar-refractivity contribution is 0.102. The predicted octanol–water partition coefficient (Wildman–Crippen LogP) is 4.76. The van der Waals surface area contributed by atoms with Gasteiger partial charge in [-0.15, -0.1) is 22.7 Å². The van der Waals surface area contributed by atoms with E-state index in [1.807, 2.05) is 29.6 Å². The molecule has 0 N–H and O–H groups in total. The molecule has 0 fully saturated rings. The van der Waals surface area contributed by atoms with Crippen LogP contribution in [0, 0.1) is 0 Å². The van der Waals surface area contributed by atoms with Crippen LogP contribution in [0.1, 0.15) is 33.0 Å². The van der Waals surface area contributed by atoms with Crippen molar-refractivity contribution in [3.8, 4) is 5.82 Å². The maximum atomic E-state index is 13.5. The molecule has 0 saturated carbocycles. The maximum absolute atomic E-state index is 13.5. The molecule has 4 aromatic heterocycles. The summed E-state index contributed by atoms with van der Waals surface area (Å²) in [5.41, 5.74) is 1.07. The Kier molecular flexibility index (Phi) is 5.07. The Balaban J connectivity index is 1.63. The molecular weight excluding hydrogens is 422 g/mol. The van der Waals surface area contributed by atoms with Crippen molar-refractivity contribution >= 4 is 50.4 Å². The van der Waals surface area contributed by atoms with Gasteiger partial charge in [-0.3, -0.25) is 9.59 Å². The Morgan fingerprint density at radius 2 is 2.07 bits per heavy atom. The fourth-order valence-corrected chi connectivity index (χ4v) is 6.55. The highest BCUT2D eigenvalue weighted by Crippen LogP contribution is 2.35. The second-order valence-electron chi connectivity index (χ2n) is 6.80. The molecule has 0 spiro atoms. The van der Waals surface area contributed by atoms with Crippen molar-refractivity contribution in [2.75, 3.05) is 5.75 Å². The Bertz CT molecular complexity index is 1240. The number of pyridine rings is 1. The van der Waals surface area contributed by atoms with E-state index in [1.54, 1.807) is 28.2 Å². The normalized spacial score (nSPS) is 13.5. The van der Waals surface area contributed by atoms with E-state index in [2.05, 4.69) is 4.98 Å². The van der Waals surface area contributed by atoms with Crippen molar-refractivity contribution < 1.29 is 4.79 Å². The summed E-state index contributed by atoms with van der Waals surface area (Å²) in [6.07, 6.45) is 5.87. The predicted molar refractivity (Wildman–Crippen MR) is 119 cm³/mol. The van der Waals surface area contributed by atoms with Gasteiger partial charge in [-0.25, -0.2) is 14.5 Å². The molecule has 1 aliphatic rings. The Hall–Kier alpha value is -2.29. The largest absolute Gasteiger partial charge is 0.292 e. The van der Waals surface area contributed by atoms with Crippen LogP contribution in [-0.4, -0.2) is 26.1 Å². The van der Waals surface area contributed by atoms with Crippen LogP contribution in [0.5, 0.6) is 0 Å². The highest BCUT2D eigenvalue weighted by molar-refractivity contribution is 7.99. The average Bonchev–Trinajstić information content (AvgIpc) is 3.40. The summed E-state index contributed by atoms with van der Waals surface area (Å²) in [5, 5.41) is 3.14. The molecule has 146 valence electrons. The van der Waals surface area contributed by atoms with Crippen LogP contribution in [0.3, 0.4) is 0 Å². The monoisotopic (exact) mass is 439 g/mol. The van der Waals surface area contributed by atoms with Gasteiger partial charge in [0.1, 0.15) is 10.6 Å². The van der Waals surface area contributed by atoms with Crippen molar-refractivity contribution in [3.63, 3.8) is 0 Å². The van der Waals surface area contributed by atoms with E-state index < -0.39 is 0 Å². The molecule has 0 radical (unpaired) electrons. The number of aromatic nitrogens is 3. The van der Waals surface area contributed by atoms with E-state index in [0.29, 0.717) is 11.0 Å². The highest BCUT2D eigenvalue weighted by Gasteiger charge is 2.23. The number of thioether (sulfide) groups is 1. The maximum Gasteiger partial charge on any atom is 0.269 e. The first kappa shape index (κ1) is 18.7. The third kappa shape index (κ3) is 3.45. The molecule has 0 aromatic carbocycles. The third-order valence-corrected chi connectivity index (χ3v) is 8.00. The summed E-state index contributed by atoms with van der Waals surface area (Å²) in [4.78, 5) is 38.0. The second-order valence-corrected chi connectivity index (χ2v) is 9.78. The smallest absolute Gasteiger partial charge is 0.269 e. The van der Waals surface area contributed by atoms with Gasteiger partial charge in [-0.1, -0.05) is 23.9 Å². The van der Waals surface area contributed by atoms with Gasteiger partial charge in [-0.2, -0.15) is 0 Å². The fourth-order valence-electron chi connectivity index (χ4n) is 3.61. The SMILES string of the molecule is O=C(CSc1nc2sc3c(c2c(=O)n1-c1ccccn1)CCCC3)c1cccs1. The van der Waals surface area contributed by atoms with Gasteiger partial charge in [0.25, 0.3) is 5.56 Å². The van der Waals surface area contributed by atoms with E-state index in [-0.39, 0.29) is 17.1 Å². The number of hydrogen-bond donors (Lipinski definition) is 0. The molecule has 0 saturated heterocycles. The molecule has 4 heterocycles. The van der Waals surface area contributed by atoms with Crippen LogP contribution < -0.4 is 5.56 Å². The standard InChI is InChI=1S/C21H17N3O2S3/c25-14(16-8-5-11-27-16)12-28-21-23-19-18(13-6-1-2-7-15(13)29-19)20(26)24(21)17-9-3-4-10-22-17/h3-5,8-11H,1-2,6-7,12H2. The number of hydrogen-bond acceptors (Lipinski definition) is 7. The van der Waals surface area contributed by atoms with Crippen molar-refractivity contribution in [2.45, 2.75) is 30.8 Å². The zero-order valence-electron chi connectivity index (χ0n) is 15.5. The van der Waals surface area contributed by atoms with Crippen LogP contribution in [0.15, 0.2) is 51.9 Å². The lowest BCUT2D eigenvalue weighted by Gasteiger charge is -2.12. The molecule has 29 heavy (non-hydrogen) atoms. The summed E-state index contributed by atoms with van der Waals surface area (Å²) >= 11 is 4.35. The molecule has 5 rings (SSSR count). The van der Waals surface area contributed by atoms with Crippen molar-refractivity contribution in [3.05, 3.63) is 67.6 Å². The van der Waals surface area contributed by atoms with Gasteiger partial charge >= 0.3 is 0 Å². The highest BCUT2D eigenvalue weighted by atomic mass is 32.2. The van der Waals surface area contributed by atoms with Crippen molar-refractivity contribution in [1.29, 1.82) is 0 Å². The molecule has 0 aliphatic heterocycles. The zero-order valence-corrected chi connectivity index (χ0v) is 17.9. The van der Waals surface area contributed by atoms with Crippen LogP contribution in [-0.2, 0) is 12.8 Å². The first-order valence-corrected chi connectivity index (χ1v) is 12.1. The van der Waals surface area contributed by atoms with E-state index in [9.17, 15) is 9.59 Å². The molecule has 8 heteroatoms. The number of ketones is 1. The molecule has 0 amide bonds. The fraction of sp³-hybridized carbons (Fsp3) is 0.238. The average molecular weight is 440 g/mol. The molecule has 0 bridgehead atoms. The first-order chi connectivity index (χ1) is 14.2. The molecule has 0 atom stereocenters. The van der Waals surface area contributed by atoms with Crippen LogP contribution >= 0.6 is 34.4 Å². The van der Waals surface area contributed by atoms with Gasteiger partial charge in [0.15, 0.2) is 10.9 Å². The van der Waals surface area contributed by atoms with Gasteiger partial charge in [0.05, 0.1) is 16.0 Å². The number of aryl methyl sites for hydroxylation is 2. The van der Waals surface area contributed by atoms with E-state index in [4.69, 9.17) is 4.98 Å². The summed E-state index contributed by atoms with van der Waals surface area (Å²) < 4.78 is 1.57. The van der Waals surface area contributed by atoms with Crippen molar-refractivity contribution in [2.24, 2.45) is 0 Å². The van der Waals surface area contributed by atoms with Gasteiger partial charge in [0, 0.05) is 11.1 Å². The van der Waals surface area contributed by atoms with Gasteiger partial charge in [0.2, 0.25) is 0 Å². The van der Waals surface area contributed by atoms with Crippen LogP contribution in [0.25, 0.3) is 16.0 Å². The first-order valence-electron chi connectivity index (χ1n) is 9.40. The molecule has 1 aliphatic carbocycles. The molecule has 4 aromatic rings. The van der Waals surface area contributed by atoms with E-state index in [1.165, 1.54) is 28.0 Å². The second kappa shape index (κ2) is 7.85. The summed E-state index contributed by atoms with van der Waals surface area (Å²) in [6, 6.07) is 9.17. The zero-order chi connectivity index (χ0) is 19.8. The minimum atomic E-state index is -0.0841. The molecule has 5 nitrogen and oxygen atoms in total. The summed E-state index contributed by atoms with van der Waals surface area (Å²) in [7, 11) is 0. The van der Waals surface area contributed by atoms with Crippen LogP contribution in [0.4, 0.5) is 0 Å². The lowest BCUT2D eigenvalue weighted by atomic mass is 9.97. The van der Waals surface area contributed by atoms with E-state index >= 15 is 0 Å². The number of carbonyl (C=O) groups excluding carboxylic acids is 1. The number of carbonyl (C=O) groups is 1. The van der Waals surface area contributed by atoms with Gasteiger partial charge < -0.3 is 0 Å². The Labute approximate surface area is 179 Å². The summed E-state index contributed by atoms with van der Waals surface area (Å²) in [5.74, 6) is 0.808. The quantitative estimate of drug-likeness (QED) is 0.255. The number of rotatable bonds is 5. The molecular formula is C21H17N3O2S3. The Morgan fingerprint density at radius 3 is 2.86 bits per heavy atom. The minimum absolute atomic E-state index is 0.0393. The van der Waals surface area contributed by atoms with E-state index in [0.717, 1.165) is 46.3 Å². The molecule has 0 unspecified atom stereocenters. The van der Waals surface area contributed by atoms with Gasteiger partial charge in [-0.05, 0) is 54.8 Å². The third-order valence-electron chi connectivity index (χ3n) is 4.96.